The van der Waals surface area contributed by atoms with Gasteiger partial charge in [-0.15, -0.1) is 0 Å². The smallest absolute Gasteiger partial charge is 0.101 e. The number of aliphatic hydroxyl groups is 1. The van der Waals surface area contributed by atoms with Gasteiger partial charge >= 0.3 is 0 Å². The Morgan fingerprint density at radius 3 is 2.00 bits per heavy atom. The zero-order chi connectivity index (χ0) is 11.6. The van der Waals surface area contributed by atoms with Gasteiger partial charge < -0.3 is 24.2 Å². The van der Waals surface area contributed by atoms with Gasteiger partial charge in [0.05, 0.1) is 40.3 Å². The number of nitrogens with zero attached hydrogens (tertiary/aromatic N) is 1. The van der Waals surface area contributed by atoms with Gasteiger partial charge in [0.15, 0.2) is 0 Å². The third kappa shape index (κ3) is 22.5. The van der Waals surface area contributed by atoms with Crippen molar-refractivity contribution < 1.29 is 24.2 Å². The summed E-state index contributed by atoms with van der Waals surface area (Å²) in [4.78, 5) is 9.52. The largest absolute Gasteiger partial charge is 0.548 e. The van der Waals surface area contributed by atoms with E-state index in [1.165, 1.54) is 0 Å². The molecule has 0 spiro atoms. The summed E-state index contributed by atoms with van der Waals surface area (Å²) in [6.07, 6.45) is 0. The van der Waals surface area contributed by atoms with Crippen molar-refractivity contribution in [3.05, 3.63) is 0 Å². The Labute approximate surface area is 85.5 Å². The summed E-state index contributed by atoms with van der Waals surface area (Å²) in [5.74, 6) is -1.16. The maximum Gasteiger partial charge on any atom is 0.101 e. The summed E-state index contributed by atoms with van der Waals surface area (Å²) in [5.41, 5.74) is 0. The fourth-order valence-electron chi connectivity index (χ4n) is 0.485. The molecule has 0 heterocycles. The van der Waals surface area contributed by atoms with Crippen molar-refractivity contribution in [3.63, 3.8) is 0 Å². The third-order valence-electron chi connectivity index (χ3n) is 1.19. The first-order chi connectivity index (χ1) is 6.33. The molecule has 0 saturated heterocycles. The Morgan fingerprint density at radius 1 is 1.43 bits per heavy atom. The maximum atomic E-state index is 9.52. The van der Waals surface area contributed by atoms with Crippen LogP contribution in [0, 0.1) is 0 Å². The summed E-state index contributed by atoms with van der Waals surface area (Å²) < 4.78 is 5.28. The first-order valence-electron chi connectivity index (χ1n) is 4.52. The van der Waals surface area contributed by atoms with Crippen LogP contribution in [-0.2, 0) is 9.53 Å². The number of likely N-dealkylation sites (N-methyl/N-ethyl adjacent to an activating group) is 1. The molecule has 0 aromatic carbocycles. The Morgan fingerprint density at radius 2 is 1.93 bits per heavy atom. The van der Waals surface area contributed by atoms with E-state index in [0.29, 0.717) is 6.61 Å². The lowest BCUT2D eigenvalue weighted by Crippen LogP contribution is -2.36. The van der Waals surface area contributed by atoms with Gasteiger partial charge in [0.25, 0.3) is 0 Å². The summed E-state index contributed by atoms with van der Waals surface area (Å²) in [6, 6.07) is 0. The number of hydrogen-bond acceptors (Lipinski definition) is 4. The van der Waals surface area contributed by atoms with Crippen molar-refractivity contribution >= 4 is 5.97 Å². The first kappa shape index (κ1) is 15.8. The fourth-order valence-corrected chi connectivity index (χ4v) is 0.485. The molecule has 0 amide bonds. The molecule has 5 heteroatoms. The van der Waals surface area contributed by atoms with E-state index in [-0.39, 0.29) is 13.2 Å². The number of carboxylic acid groups (broad SMARTS) is 1. The molecule has 0 atom stereocenters. The average molecular weight is 207 g/mol. The monoisotopic (exact) mass is 207 g/mol. The Balaban J connectivity index is 0. The number of hydrogen-bond donors (Lipinski definition) is 1. The Bertz CT molecular complexity index is 142. The molecule has 0 unspecified atom stereocenters. The molecule has 0 fully saturated rings. The molecule has 0 rings (SSSR count). The lowest BCUT2D eigenvalue weighted by Gasteiger charge is -2.21. The molecule has 1 N–H and O–H groups in total. The minimum atomic E-state index is -1.16. The molecule has 0 aromatic heterocycles. The second-order valence-electron chi connectivity index (χ2n) is 3.75. The zero-order valence-corrected chi connectivity index (χ0v) is 9.45. The van der Waals surface area contributed by atoms with Crippen LogP contribution in [0.15, 0.2) is 0 Å². The topological polar surface area (TPSA) is 69.6 Å². The third-order valence-corrected chi connectivity index (χ3v) is 1.19. The lowest BCUT2D eigenvalue weighted by molar-refractivity contribution is -0.870. The normalized spacial score (nSPS) is 10.4. The number of ether oxygens (including phenoxy) is 1. The highest BCUT2D eigenvalue weighted by molar-refractivity contribution is 5.65. The standard InChI is InChI=1S/C5H14NO.C4H8O3/c1-6(2,3)4-5-7;1-2-7-3-4(5)6/h7H,4-5H2,1-3H3;2-3H2,1H3,(H,5,6)/q+1;/p-1. The second-order valence-corrected chi connectivity index (χ2v) is 3.75. The Kier molecular flexibility index (Phi) is 10.1. The van der Waals surface area contributed by atoms with E-state index in [1.807, 2.05) is 0 Å². The highest BCUT2D eigenvalue weighted by atomic mass is 16.5. The van der Waals surface area contributed by atoms with Gasteiger partial charge in [0.2, 0.25) is 0 Å². The van der Waals surface area contributed by atoms with E-state index in [0.717, 1.165) is 11.0 Å². The molecule has 0 aliphatic carbocycles. The zero-order valence-electron chi connectivity index (χ0n) is 9.45. The van der Waals surface area contributed by atoms with Gasteiger partial charge in [-0.2, -0.15) is 0 Å². The highest BCUT2D eigenvalue weighted by Crippen LogP contribution is 1.84. The average Bonchev–Trinajstić information content (AvgIpc) is 1.99. The number of carbonyl (C=O) groups is 1. The van der Waals surface area contributed by atoms with E-state index in [9.17, 15) is 9.90 Å². The van der Waals surface area contributed by atoms with Crippen LogP contribution in [0.5, 0.6) is 0 Å². The molecule has 14 heavy (non-hydrogen) atoms. The number of carbonyl (C=O) groups excluding carboxylic acids is 1. The van der Waals surface area contributed by atoms with Gasteiger partial charge in [-0.25, -0.2) is 0 Å². The van der Waals surface area contributed by atoms with Crippen LogP contribution in [-0.4, -0.2) is 63.1 Å². The molecule has 0 radical (unpaired) electrons. The van der Waals surface area contributed by atoms with E-state index < -0.39 is 5.97 Å². The van der Waals surface area contributed by atoms with Crippen molar-refractivity contribution in [2.24, 2.45) is 0 Å². The summed E-state index contributed by atoms with van der Waals surface area (Å²) in [5, 5.41) is 17.9. The van der Waals surface area contributed by atoms with Crippen molar-refractivity contribution in [2.75, 3.05) is 47.5 Å². The molecule has 0 aliphatic heterocycles. The van der Waals surface area contributed by atoms with Crippen molar-refractivity contribution in [1.82, 2.24) is 0 Å². The first-order valence-corrected chi connectivity index (χ1v) is 4.52. The Hall–Kier alpha value is -0.650. The highest BCUT2D eigenvalue weighted by Gasteiger charge is 2.02. The van der Waals surface area contributed by atoms with Crippen LogP contribution in [0.1, 0.15) is 6.92 Å². The molecule has 0 saturated carbocycles. The second kappa shape index (κ2) is 8.93. The van der Waals surface area contributed by atoms with E-state index in [4.69, 9.17) is 5.11 Å². The number of quaternary nitrogens is 1. The minimum absolute atomic E-state index is 0.281. The van der Waals surface area contributed by atoms with E-state index in [2.05, 4.69) is 25.9 Å². The molecule has 86 valence electrons. The number of aliphatic carboxylic acids is 1. The maximum absolute atomic E-state index is 9.52. The molecule has 0 aromatic rings. The van der Waals surface area contributed by atoms with E-state index >= 15 is 0 Å². The van der Waals surface area contributed by atoms with Gasteiger partial charge in [-0.3, -0.25) is 0 Å². The SMILES string of the molecule is CCOCC(=O)[O-].C[N+](C)(C)CCO. The molecular weight excluding hydrogens is 186 g/mol. The van der Waals surface area contributed by atoms with Crippen LogP contribution in [0.3, 0.4) is 0 Å². The van der Waals surface area contributed by atoms with Crippen LogP contribution in [0.25, 0.3) is 0 Å². The van der Waals surface area contributed by atoms with Gasteiger partial charge in [0.1, 0.15) is 6.54 Å². The predicted octanol–water partition coefficient (Wildman–Crippen LogP) is -1.54. The van der Waals surface area contributed by atoms with Crippen LogP contribution >= 0.6 is 0 Å². The quantitative estimate of drug-likeness (QED) is 0.555. The van der Waals surface area contributed by atoms with Crippen LogP contribution in [0.2, 0.25) is 0 Å². The van der Waals surface area contributed by atoms with Crippen molar-refractivity contribution in [3.8, 4) is 0 Å². The molecule has 0 aliphatic rings. The number of rotatable bonds is 5. The van der Waals surface area contributed by atoms with Crippen molar-refractivity contribution in [2.45, 2.75) is 6.92 Å². The minimum Gasteiger partial charge on any atom is -0.548 e. The summed E-state index contributed by atoms with van der Waals surface area (Å²) in [6.45, 7) is 2.97. The van der Waals surface area contributed by atoms with Crippen molar-refractivity contribution in [1.29, 1.82) is 0 Å². The predicted molar refractivity (Wildman–Crippen MR) is 51.5 cm³/mol. The number of carboxylic acids is 1. The molecular formula is C9H21NO4. The van der Waals surface area contributed by atoms with E-state index in [1.54, 1.807) is 6.92 Å². The van der Waals surface area contributed by atoms with Crippen LogP contribution in [0.4, 0.5) is 0 Å². The fraction of sp³-hybridized carbons (Fsp3) is 0.889. The molecule has 0 bridgehead atoms. The van der Waals surface area contributed by atoms with Gasteiger partial charge in [-0.05, 0) is 6.92 Å². The van der Waals surface area contributed by atoms with Gasteiger partial charge in [-0.1, -0.05) is 0 Å². The summed E-state index contributed by atoms with van der Waals surface area (Å²) in [7, 11) is 6.16. The lowest BCUT2D eigenvalue weighted by atomic mass is 10.5. The summed E-state index contributed by atoms with van der Waals surface area (Å²) >= 11 is 0. The molecule has 5 nitrogen and oxygen atoms in total. The van der Waals surface area contributed by atoms with Crippen LogP contribution < -0.4 is 5.11 Å². The number of aliphatic hydroxyl groups excluding tert-OH is 1. The van der Waals surface area contributed by atoms with Gasteiger partial charge in [0, 0.05) is 6.61 Å².